The largest absolute Gasteiger partial charge is 0.508 e. The predicted octanol–water partition coefficient (Wildman–Crippen LogP) is 2.44. The van der Waals surface area contributed by atoms with E-state index in [-0.39, 0.29) is 62.9 Å². The van der Waals surface area contributed by atoms with Gasteiger partial charge in [0.2, 0.25) is 41.7 Å². The number of ketones is 1. The lowest BCUT2D eigenvalue weighted by molar-refractivity contribution is -0.334. The summed E-state index contributed by atoms with van der Waals surface area (Å²) in [5, 5.41) is 130. The third-order valence-corrected chi connectivity index (χ3v) is 20.4. The molecule has 598 valence electrons. The minimum Gasteiger partial charge on any atom is -0.508 e. The number of phenols is 3. The fourth-order valence-electron chi connectivity index (χ4n) is 14.0. The Hall–Kier alpha value is -10.2. The van der Waals surface area contributed by atoms with Gasteiger partial charge in [0.25, 0.3) is 0 Å². The number of Topliss-reactive ketones (excluding diaryl/α,β-unsaturated/α-hetero) is 1. The molecule has 2 fully saturated rings. The maximum Gasteiger partial charge on any atom is 0.410 e. The van der Waals surface area contributed by atoms with Gasteiger partial charge in [0.05, 0.1) is 48.8 Å². The molecule has 0 saturated carbocycles. The number of phenolic OH excluding ortho intramolecular Hbond substituents is 3. The quantitative estimate of drug-likeness (QED) is 0.0715. The highest BCUT2D eigenvalue weighted by Gasteiger charge is 2.53. The second-order valence-corrected chi connectivity index (χ2v) is 29.5. The molecule has 0 aromatic heterocycles. The van der Waals surface area contributed by atoms with Crippen molar-refractivity contribution in [1.29, 1.82) is 0 Å². The molecule has 2 saturated heterocycles. The summed E-state index contributed by atoms with van der Waals surface area (Å²) in [5.74, 6) is -16.8. The fraction of sp³-hybridized carbons (Fsp3) is 0.459. The molecule has 0 aliphatic carbocycles. The zero-order chi connectivity index (χ0) is 81.3. The Kier molecular flexibility index (Phi) is 25.7. The van der Waals surface area contributed by atoms with Gasteiger partial charge >= 0.3 is 18.2 Å². The Morgan fingerprint density at radius 3 is 2.09 bits per heavy atom. The van der Waals surface area contributed by atoms with Crippen molar-refractivity contribution in [2.75, 3.05) is 20.8 Å². The lowest BCUT2D eigenvalue weighted by Gasteiger charge is -2.48. The number of benzene rings is 5. The van der Waals surface area contributed by atoms with Crippen molar-refractivity contribution < 1.29 is 132 Å². The Morgan fingerprint density at radius 2 is 1.44 bits per heavy atom. The van der Waals surface area contributed by atoms with Gasteiger partial charge in [-0.25, -0.2) is 14.4 Å². The molecule has 37 heteroatoms. The average molecular weight is 1590 g/mol. The molecule has 18 atom stereocenters. The van der Waals surface area contributed by atoms with E-state index in [9.17, 15) is 79.8 Å². The van der Waals surface area contributed by atoms with Crippen molar-refractivity contribution in [3.63, 3.8) is 0 Å². The molecule has 18 N–H and O–H groups in total. The molecule has 8 amide bonds. The van der Waals surface area contributed by atoms with Crippen molar-refractivity contribution >= 4 is 82.6 Å². The number of methoxy groups -OCH3 is 1. The number of amides is 8. The number of likely N-dealkylation sites (N-methyl/N-ethyl adjacent to an activating group) is 1. The van der Waals surface area contributed by atoms with E-state index < -0.39 is 251 Å². The number of rotatable bonds is 15. The minimum absolute atomic E-state index is 0.0582. The van der Waals surface area contributed by atoms with Crippen LogP contribution in [0.4, 0.5) is 9.59 Å². The maximum atomic E-state index is 16.3. The number of carboxylic acids is 1. The number of nitrogens with zero attached hydrogens (tertiary/aromatic N) is 1. The third-order valence-electron chi connectivity index (χ3n) is 19.7. The van der Waals surface area contributed by atoms with Crippen LogP contribution in [-0.4, -0.2) is 221 Å². The first kappa shape index (κ1) is 83.3. The molecular formula is C74H86Cl2N8O27. The summed E-state index contributed by atoms with van der Waals surface area (Å²) >= 11 is 14.4. The van der Waals surface area contributed by atoms with Gasteiger partial charge in [0, 0.05) is 59.7 Å². The highest BCUT2D eigenvalue weighted by Crippen LogP contribution is 2.48. The summed E-state index contributed by atoms with van der Waals surface area (Å²) in [4.78, 5) is 146. The van der Waals surface area contributed by atoms with E-state index in [4.69, 9.17) is 62.1 Å². The zero-order valence-corrected chi connectivity index (χ0v) is 62.4. The highest BCUT2D eigenvalue weighted by atomic mass is 35.5. The lowest BCUT2D eigenvalue weighted by Crippen LogP contribution is -2.66. The van der Waals surface area contributed by atoms with Crippen molar-refractivity contribution in [1.82, 2.24) is 36.8 Å². The van der Waals surface area contributed by atoms with Crippen LogP contribution in [0.25, 0.3) is 11.1 Å². The summed E-state index contributed by atoms with van der Waals surface area (Å²) in [6.07, 6.45) is -24.0. The molecule has 1 unspecified atom stereocenters. The van der Waals surface area contributed by atoms with Crippen molar-refractivity contribution in [3.05, 3.63) is 128 Å². The van der Waals surface area contributed by atoms with Crippen LogP contribution in [0, 0.1) is 5.92 Å². The average Bonchev–Trinajstić information content (AvgIpc) is 0.767. The number of aliphatic hydroxyl groups excluding tert-OH is 6. The van der Waals surface area contributed by atoms with Crippen LogP contribution in [0.15, 0.2) is 78.9 Å². The maximum absolute atomic E-state index is 16.3. The first-order chi connectivity index (χ1) is 52.3. The summed E-state index contributed by atoms with van der Waals surface area (Å²) in [6, 6.07) is 1.87. The standard InChI is InChI=1S/C74H86Cl2N8O27/c1-28(2)15-44(84(7)73(104)106-29(3)4)67(98)82-56-59(92)34-12-14-48(42(76)20-34)108-49-21-35-17-36(62(49)111-71-63(61(94)60(93)50(27-85)109-71)110-52-26-74(6,83-72(103)105-8)64(95)30(5)107-52)16-32-9-10-33(19-41(32)75)58(91)57-69(100)80-55(70(101)102)40-22-37(86)23-46(88)53(40)39-18-31(11-13-45(39)87)38(65(96)81-57)24-47(89)54(35)79-66(97)43(25-51(77)90)78-68(56)99/h9-14,17-23,28-30,38,43-44,50,52,54-61,63-64,71,85-88,91-95H,15-16,24-27H2,1-8H3,(H2,77,90)(H,78,99)(H,79,97)(H,80,100)(H,81,96)(H,82,98)(H,83,103)(H,101,102)/t30-,38?,43-,44+,50+,52-,54+,55+,56+,57-,58+,59+,60+,61-,63+,64+,71-,74-/m0/s1. The number of primary amides is 1. The Balaban J connectivity index is 1.23. The van der Waals surface area contributed by atoms with Crippen molar-refractivity contribution in [2.45, 2.75) is 189 Å². The molecule has 0 spiro atoms. The number of carbonyl (C=O) groups excluding carboxylic acids is 9. The number of hydrogen-bond acceptors (Lipinski definition) is 26. The normalized spacial score (nSPS) is 27.9. The third kappa shape index (κ3) is 18.2. The molecule has 7 aliphatic rings. The molecule has 11 bridgehead atoms. The van der Waals surface area contributed by atoms with Crippen molar-refractivity contribution in [3.8, 4) is 45.6 Å². The van der Waals surface area contributed by atoms with Gasteiger partial charge < -0.3 is 122 Å². The molecule has 35 nitrogen and oxygen atoms in total. The number of aliphatic carboxylic acids is 1. The molecule has 7 aliphatic heterocycles. The summed E-state index contributed by atoms with van der Waals surface area (Å²) < 4.78 is 42.6. The van der Waals surface area contributed by atoms with Crippen LogP contribution < -0.4 is 47.1 Å². The van der Waals surface area contributed by atoms with Gasteiger partial charge in [-0.05, 0) is 116 Å². The molecule has 5 aromatic carbocycles. The molecule has 0 radical (unpaired) electrons. The molecule has 111 heavy (non-hydrogen) atoms. The second-order valence-electron chi connectivity index (χ2n) is 28.6. The SMILES string of the molecule is COC(=O)N[C@@]1(C)C[C@H](O[C@H]2[C@H](Oc3c4cc5cc3Oc3ccc(cc3Cl)[C@@H](O)[C@@H](NC(=O)[C@@H](CC(C)C)N(C)C(=O)OC(C)C)C(=O)N[C@@H](CC(N)=O)C(=O)N[C@H]5C(=O)CC3C(=O)N[C@H](C(=O)N[C@@H](C(=O)O)c5cc(O)cc(O)c5-c5cc3ccc5O)[C@H](O)c3ccc(c(Cl)c3)C4)O[C@H](CO)[C@@H](O)[C@@H]2O)O[C@@H](C)[C@H]1O. The van der Waals surface area contributed by atoms with E-state index in [0.717, 1.165) is 54.5 Å². The number of nitrogens with two attached hydrogens (primary N) is 1. The number of alkyl carbamates (subject to hydrolysis) is 1. The highest BCUT2D eigenvalue weighted by molar-refractivity contribution is 6.32. The van der Waals surface area contributed by atoms with Gasteiger partial charge in [-0.2, -0.15) is 0 Å². The smallest absolute Gasteiger partial charge is 0.410 e. The number of fused-ring (bicyclic) bond motifs is 15. The number of hydrogen-bond donors (Lipinski definition) is 17. The predicted molar refractivity (Wildman–Crippen MR) is 385 cm³/mol. The van der Waals surface area contributed by atoms with Crippen LogP contribution in [0.3, 0.4) is 0 Å². The Bertz CT molecular complexity index is 4460. The summed E-state index contributed by atoms with van der Waals surface area (Å²) in [7, 11) is 2.34. The van der Waals surface area contributed by atoms with Crippen LogP contribution in [0.5, 0.6) is 34.5 Å². The first-order valence-corrected chi connectivity index (χ1v) is 35.9. The summed E-state index contributed by atoms with van der Waals surface area (Å²) in [5.41, 5.74) is 1.56. The monoisotopic (exact) mass is 1590 g/mol. The number of aliphatic hydroxyl groups is 6. The fourth-order valence-corrected chi connectivity index (χ4v) is 14.4. The number of aromatic hydroxyl groups is 3. The van der Waals surface area contributed by atoms with Gasteiger partial charge in [0.1, 0.15) is 89.8 Å². The van der Waals surface area contributed by atoms with Gasteiger partial charge in [-0.15, -0.1) is 0 Å². The van der Waals surface area contributed by atoms with E-state index in [1.165, 1.54) is 57.3 Å². The lowest BCUT2D eigenvalue weighted by atomic mass is 9.84. The van der Waals surface area contributed by atoms with E-state index in [1.807, 2.05) is 0 Å². The van der Waals surface area contributed by atoms with Gasteiger partial charge in [-0.1, -0.05) is 61.3 Å². The first-order valence-electron chi connectivity index (χ1n) is 35.1. The van der Waals surface area contributed by atoms with Gasteiger partial charge in [0.15, 0.2) is 35.7 Å². The van der Waals surface area contributed by atoms with E-state index >= 15 is 19.2 Å². The number of halogens is 2. The van der Waals surface area contributed by atoms with Crippen LogP contribution in [-0.2, 0) is 68.5 Å². The van der Waals surface area contributed by atoms with Gasteiger partial charge in [-0.3, -0.25) is 38.5 Å². The zero-order valence-electron chi connectivity index (χ0n) is 60.9. The second kappa shape index (κ2) is 34.2. The summed E-state index contributed by atoms with van der Waals surface area (Å²) in [6.45, 7) is 8.47. The van der Waals surface area contributed by atoms with Crippen LogP contribution in [0.2, 0.25) is 10.0 Å². The molecule has 12 rings (SSSR count). The number of ether oxygens (including phenoxy) is 7. The van der Waals surface area contributed by atoms with E-state index in [0.29, 0.717) is 0 Å². The molecular weight excluding hydrogens is 1500 g/mol. The number of carbonyl (C=O) groups is 10. The van der Waals surface area contributed by atoms with E-state index in [1.54, 1.807) is 27.7 Å². The Morgan fingerprint density at radius 1 is 0.757 bits per heavy atom. The Labute approximate surface area is 643 Å². The topological polar surface area (TPSA) is 539 Å². The molecule has 7 heterocycles. The molecule has 5 aromatic rings. The minimum atomic E-state index is -2.26. The van der Waals surface area contributed by atoms with Crippen LogP contribution in [0.1, 0.15) is 136 Å². The number of carboxylic acid groups (broad SMARTS) is 1. The van der Waals surface area contributed by atoms with Crippen molar-refractivity contribution in [2.24, 2.45) is 11.7 Å². The number of nitrogens with one attached hydrogen (secondary N) is 6. The van der Waals surface area contributed by atoms with E-state index in [2.05, 4.69) is 31.9 Å². The van der Waals surface area contributed by atoms with Crippen LogP contribution >= 0.6 is 23.2 Å².